The molecule has 0 saturated carbocycles. The number of hydrogen-bond acceptors (Lipinski definition) is 3. The van der Waals surface area contributed by atoms with Crippen molar-refractivity contribution < 1.29 is 9.90 Å². The van der Waals surface area contributed by atoms with Crippen molar-refractivity contribution in [2.24, 2.45) is 0 Å². The quantitative estimate of drug-likeness (QED) is 0.386. The number of aliphatic carboxylic acids is 1. The number of carbonyl (C=O) groups is 1. The first-order valence-corrected chi connectivity index (χ1v) is 9.60. The number of aromatic nitrogens is 2. The lowest BCUT2D eigenvalue weighted by molar-refractivity contribution is -0.137. The van der Waals surface area contributed by atoms with Crippen molar-refractivity contribution in [1.82, 2.24) is 9.97 Å². The Labute approximate surface area is 154 Å². The Kier molecular flexibility index (Phi) is 6.53. The Balaban J connectivity index is 1.48. The molecule has 0 aliphatic heterocycles. The van der Waals surface area contributed by atoms with Crippen molar-refractivity contribution >= 4 is 28.0 Å². The first-order valence-electron chi connectivity index (χ1n) is 9.60. The van der Waals surface area contributed by atoms with E-state index in [9.17, 15) is 4.79 Å². The fourth-order valence-electron chi connectivity index (χ4n) is 3.38. The Hall–Kier alpha value is -2.49. The molecule has 1 aromatic heterocycles. The molecule has 0 bridgehead atoms. The summed E-state index contributed by atoms with van der Waals surface area (Å²) < 4.78 is 0. The van der Waals surface area contributed by atoms with Gasteiger partial charge in [-0.1, -0.05) is 56.4 Å². The predicted molar refractivity (Wildman–Crippen MR) is 105 cm³/mol. The van der Waals surface area contributed by atoms with Crippen LogP contribution in [-0.4, -0.2) is 21.0 Å². The van der Waals surface area contributed by atoms with Crippen LogP contribution in [0.25, 0.3) is 22.1 Å². The van der Waals surface area contributed by atoms with Crippen LogP contribution < -0.4 is 0 Å². The molecular formula is C22H26N2O2. The molecule has 0 atom stereocenters. The Morgan fingerprint density at radius 1 is 0.731 bits per heavy atom. The van der Waals surface area contributed by atoms with Gasteiger partial charge in [0.05, 0.1) is 22.1 Å². The van der Waals surface area contributed by atoms with Gasteiger partial charge in [0.1, 0.15) is 0 Å². The summed E-state index contributed by atoms with van der Waals surface area (Å²) in [6.45, 7) is 0. The molecular weight excluding hydrogens is 324 g/mol. The average Bonchev–Trinajstić information content (AvgIpc) is 2.65. The number of unbranched alkanes of at least 4 members (excludes halogenated alkanes) is 6. The van der Waals surface area contributed by atoms with Crippen molar-refractivity contribution in [2.45, 2.75) is 57.8 Å². The molecule has 26 heavy (non-hydrogen) atoms. The van der Waals surface area contributed by atoms with Gasteiger partial charge < -0.3 is 5.11 Å². The number of benzene rings is 2. The topological polar surface area (TPSA) is 63.1 Å². The van der Waals surface area contributed by atoms with Crippen LogP contribution in [-0.2, 0) is 11.2 Å². The average molecular weight is 350 g/mol. The van der Waals surface area contributed by atoms with E-state index in [0.29, 0.717) is 6.42 Å². The largest absolute Gasteiger partial charge is 0.481 e. The van der Waals surface area contributed by atoms with E-state index in [4.69, 9.17) is 15.1 Å². The monoisotopic (exact) mass is 350 g/mol. The summed E-state index contributed by atoms with van der Waals surface area (Å²) in [5.74, 6) is -0.684. The van der Waals surface area contributed by atoms with Gasteiger partial charge in [-0.05, 0) is 43.0 Å². The van der Waals surface area contributed by atoms with E-state index in [-0.39, 0.29) is 0 Å². The highest BCUT2D eigenvalue weighted by Crippen LogP contribution is 2.21. The van der Waals surface area contributed by atoms with E-state index in [1.165, 1.54) is 24.8 Å². The minimum atomic E-state index is -0.684. The highest BCUT2D eigenvalue weighted by atomic mass is 16.4. The molecule has 0 aliphatic carbocycles. The maximum absolute atomic E-state index is 10.5. The van der Waals surface area contributed by atoms with E-state index in [2.05, 4.69) is 12.1 Å². The number of carboxylic acid groups (broad SMARTS) is 1. The second-order valence-corrected chi connectivity index (χ2v) is 6.87. The third-order valence-corrected chi connectivity index (χ3v) is 4.79. The van der Waals surface area contributed by atoms with Gasteiger partial charge in [-0.15, -0.1) is 0 Å². The molecule has 0 amide bonds. The highest BCUT2D eigenvalue weighted by molar-refractivity contribution is 5.87. The molecule has 3 aromatic rings. The molecule has 0 spiro atoms. The van der Waals surface area contributed by atoms with Gasteiger partial charge in [0.25, 0.3) is 0 Å². The fraction of sp³-hybridized carbons (Fsp3) is 0.409. The summed E-state index contributed by atoms with van der Waals surface area (Å²) in [6.07, 6.45) is 9.07. The van der Waals surface area contributed by atoms with E-state index in [1.807, 2.05) is 30.3 Å². The molecule has 136 valence electrons. The van der Waals surface area contributed by atoms with Gasteiger partial charge in [-0.25, -0.2) is 9.97 Å². The lowest BCUT2D eigenvalue weighted by atomic mass is 10.0. The SMILES string of the molecule is O=C(O)CCCCCCCCCc1cccc2nc3ccccc3nc12. The minimum absolute atomic E-state index is 0.302. The van der Waals surface area contributed by atoms with Gasteiger partial charge in [0.15, 0.2) is 0 Å². The lowest BCUT2D eigenvalue weighted by Crippen LogP contribution is -1.94. The van der Waals surface area contributed by atoms with E-state index in [1.54, 1.807) is 0 Å². The first-order chi connectivity index (χ1) is 12.7. The maximum atomic E-state index is 10.5. The number of nitrogens with zero attached hydrogens (tertiary/aromatic N) is 2. The zero-order valence-corrected chi connectivity index (χ0v) is 15.2. The van der Waals surface area contributed by atoms with Gasteiger partial charge in [-0.3, -0.25) is 4.79 Å². The van der Waals surface area contributed by atoms with Crippen LogP contribution in [0, 0.1) is 0 Å². The second kappa shape index (κ2) is 9.27. The normalized spacial score (nSPS) is 11.2. The number of aryl methyl sites for hydroxylation is 1. The van der Waals surface area contributed by atoms with E-state index in [0.717, 1.165) is 54.2 Å². The zero-order valence-electron chi connectivity index (χ0n) is 15.2. The smallest absolute Gasteiger partial charge is 0.303 e. The second-order valence-electron chi connectivity index (χ2n) is 6.87. The summed E-state index contributed by atoms with van der Waals surface area (Å²) in [4.78, 5) is 20.0. The van der Waals surface area contributed by atoms with Gasteiger partial charge in [-0.2, -0.15) is 0 Å². The molecule has 3 rings (SSSR count). The molecule has 0 radical (unpaired) electrons. The number of hydrogen-bond donors (Lipinski definition) is 1. The molecule has 2 aromatic carbocycles. The van der Waals surface area contributed by atoms with Crippen LogP contribution in [0.4, 0.5) is 0 Å². The van der Waals surface area contributed by atoms with Crippen LogP contribution in [0.3, 0.4) is 0 Å². The van der Waals surface area contributed by atoms with Crippen LogP contribution in [0.2, 0.25) is 0 Å². The van der Waals surface area contributed by atoms with Crippen LogP contribution in [0.1, 0.15) is 56.9 Å². The Morgan fingerprint density at radius 2 is 1.35 bits per heavy atom. The summed E-state index contributed by atoms with van der Waals surface area (Å²) in [7, 11) is 0. The highest BCUT2D eigenvalue weighted by Gasteiger charge is 2.06. The number of rotatable bonds is 10. The van der Waals surface area contributed by atoms with Crippen LogP contribution in [0.5, 0.6) is 0 Å². The van der Waals surface area contributed by atoms with Crippen molar-refractivity contribution in [3.8, 4) is 0 Å². The fourth-order valence-corrected chi connectivity index (χ4v) is 3.38. The zero-order chi connectivity index (χ0) is 18.2. The number of fused-ring (bicyclic) bond motifs is 2. The van der Waals surface area contributed by atoms with E-state index < -0.39 is 5.97 Å². The molecule has 4 nitrogen and oxygen atoms in total. The van der Waals surface area contributed by atoms with Gasteiger partial charge in [0.2, 0.25) is 0 Å². The molecule has 1 heterocycles. The van der Waals surface area contributed by atoms with Gasteiger partial charge >= 0.3 is 5.97 Å². The molecule has 0 unspecified atom stereocenters. The third-order valence-electron chi connectivity index (χ3n) is 4.79. The Morgan fingerprint density at radius 3 is 2.08 bits per heavy atom. The summed E-state index contributed by atoms with van der Waals surface area (Å²) in [5, 5.41) is 8.62. The summed E-state index contributed by atoms with van der Waals surface area (Å²) in [5.41, 5.74) is 5.18. The molecule has 0 aliphatic rings. The number of para-hydroxylation sites is 3. The van der Waals surface area contributed by atoms with Crippen LogP contribution in [0.15, 0.2) is 42.5 Å². The maximum Gasteiger partial charge on any atom is 0.303 e. The number of carboxylic acids is 1. The molecule has 4 heteroatoms. The molecule has 1 N–H and O–H groups in total. The minimum Gasteiger partial charge on any atom is -0.481 e. The lowest BCUT2D eigenvalue weighted by Gasteiger charge is -2.07. The van der Waals surface area contributed by atoms with Crippen LogP contribution >= 0.6 is 0 Å². The predicted octanol–water partition coefficient (Wildman–Crippen LogP) is 5.53. The van der Waals surface area contributed by atoms with Gasteiger partial charge in [0, 0.05) is 6.42 Å². The standard InChI is InChI=1S/C22H26N2O2/c25-21(26)16-7-5-3-1-2-4-6-11-17-12-10-15-20-22(17)24-19-14-9-8-13-18(19)23-20/h8-10,12-15H,1-7,11,16H2,(H,25,26). The Bertz CT molecular complexity index is 876. The summed E-state index contributed by atoms with van der Waals surface area (Å²) in [6, 6.07) is 14.3. The van der Waals surface area contributed by atoms with Crippen molar-refractivity contribution in [1.29, 1.82) is 0 Å². The molecule has 0 saturated heterocycles. The van der Waals surface area contributed by atoms with Crippen molar-refractivity contribution in [2.75, 3.05) is 0 Å². The molecule has 0 fully saturated rings. The first kappa shape index (κ1) is 18.3. The summed E-state index contributed by atoms with van der Waals surface area (Å²) >= 11 is 0. The van der Waals surface area contributed by atoms with E-state index >= 15 is 0 Å². The third kappa shape index (κ3) is 5.01. The van der Waals surface area contributed by atoms with Crippen molar-refractivity contribution in [3.05, 3.63) is 48.0 Å². The van der Waals surface area contributed by atoms with Crippen molar-refractivity contribution in [3.63, 3.8) is 0 Å².